The van der Waals surface area contributed by atoms with Gasteiger partial charge in [0.05, 0.1) is 21.9 Å². The van der Waals surface area contributed by atoms with Crippen LogP contribution in [0.1, 0.15) is 5.56 Å². The third-order valence-electron chi connectivity index (χ3n) is 3.03. The van der Waals surface area contributed by atoms with Gasteiger partial charge < -0.3 is 15.2 Å². The lowest BCUT2D eigenvalue weighted by Crippen LogP contribution is -2.32. The Morgan fingerprint density at radius 1 is 1.07 bits per heavy atom. The lowest BCUT2D eigenvalue weighted by molar-refractivity contribution is -0.139. The van der Waals surface area contributed by atoms with Crippen molar-refractivity contribution in [2.75, 3.05) is 11.9 Å². The number of halogens is 2. The van der Waals surface area contributed by atoms with Gasteiger partial charge in [0.2, 0.25) is 0 Å². The number of carboxylic acid groups (broad SMARTS) is 1. The van der Waals surface area contributed by atoms with Gasteiger partial charge in [-0.05, 0) is 42.0 Å². The molecule has 0 atom stereocenters. The number of aliphatic carboxylic acids is 1. The van der Waals surface area contributed by atoms with Gasteiger partial charge in [-0.15, -0.1) is 0 Å². The van der Waals surface area contributed by atoms with E-state index in [1.807, 2.05) is 0 Å². The molecular weight excluding hydrogens is 397 g/mol. The Hall–Kier alpha value is -3.10. The molecule has 140 valence electrons. The molecule has 10 heteroatoms. The SMILES string of the molecule is O=C(O)COc1ccc(/C=N\NC(=O)C(=O)Nc2cccc(Cl)c2Cl)cc1. The third-order valence-corrected chi connectivity index (χ3v) is 3.85. The molecule has 0 radical (unpaired) electrons. The highest BCUT2D eigenvalue weighted by molar-refractivity contribution is 6.45. The maximum Gasteiger partial charge on any atom is 0.341 e. The molecular formula is C17H13Cl2N3O5. The van der Waals surface area contributed by atoms with Crippen LogP contribution < -0.4 is 15.5 Å². The number of hydrazone groups is 1. The molecule has 0 aliphatic rings. The van der Waals surface area contributed by atoms with Crippen molar-refractivity contribution in [2.45, 2.75) is 0 Å². The van der Waals surface area contributed by atoms with E-state index < -0.39 is 24.4 Å². The Morgan fingerprint density at radius 2 is 1.78 bits per heavy atom. The van der Waals surface area contributed by atoms with Crippen LogP contribution in [0.4, 0.5) is 5.69 Å². The first kappa shape index (κ1) is 20.2. The van der Waals surface area contributed by atoms with Gasteiger partial charge in [0.1, 0.15) is 5.75 Å². The molecule has 0 fully saturated rings. The molecule has 3 N–H and O–H groups in total. The van der Waals surface area contributed by atoms with Crippen molar-refractivity contribution < 1.29 is 24.2 Å². The summed E-state index contributed by atoms with van der Waals surface area (Å²) >= 11 is 11.8. The van der Waals surface area contributed by atoms with Crippen molar-refractivity contribution >= 4 is 52.9 Å². The fourth-order valence-electron chi connectivity index (χ4n) is 1.79. The summed E-state index contributed by atoms with van der Waals surface area (Å²) in [6.07, 6.45) is 1.30. The minimum Gasteiger partial charge on any atom is -0.482 e. The highest BCUT2D eigenvalue weighted by Gasteiger charge is 2.15. The first-order valence-electron chi connectivity index (χ1n) is 7.40. The van der Waals surface area contributed by atoms with Crippen LogP contribution in [-0.2, 0) is 14.4 Å². The topological polar surface area (TPSA) is 117 Å². The van der Waals surface area contributed by atoms with Gasteiger partial charge in [0.25, 0.3) is 0 Å². The largest absolute Gasteiger partial charge is 0.482 e. The molecule has 0 aliphatic heterocycles. The Labute approximate surface area is 163 Å². The molecule has 2 aromatic carbocycles. The van der Waals surface area contributed by atoms with Gasteiger partial charge in [-0.3, -0.25) is 9.59 Å². The minimum atomic E-state index is -1.08. The molecule has 2 aromatic rings. The van der Waals surface area contributed by atoms with Gasteiger partial charge in [-0.1, -0.05) is 29.3 Å². The van der Waals surface area contributed by atoms with Crippen molar-refractivity contribution in [3.63, 3.8) is 0 Å². The predicted molar refractivity (Wildman–Crippen MR) is 100 cm³/mol. The summed E-state index contributed by atoms with van der Waals surface area (Å²) in [6, 6.07) is 10.9. The van der Waals surface area contributed by atoms with E-state index in [9.17, 15) is 14.4 Å². The molecule has 0 bridgehead atoms. The van der Waals surface area contributed by atoms with E-state index in [2.05, 4.69) is 15.8 Å². The highest BCUT2D eigenvalue weighted by Crippen LogP contribution is 2.29. The number of hydrogen-bond acceptors (Lipinski definition) is 5. The Bertz CT molecular complexity index is 885. The van der Waals surface area contributed by atoms with Crippen molar-refractivity contribution in [1.82, 2.24) is 5.43 Å². The molecule has 0 unspecified atom stereocenters. The Balaban J connectivity index is 1.87. The molecule has 0 saturated carbocycles. The number of nitrogens with one attached hydrogen (secondary N) is 2. The van der Waals surface area contributed by atoms with Crippen LogP contribution in [0.3, 0.4) is 0 Å². The smallest absolute Gasteiger partial charge is 0.341 e. The molecule has 0 heterocycles. The number of amides is 2. The summed E-state index contributed by atoms with van der Waals surface area (Å²) in [5.74, 6) is -2.67. The Morgan fingerprint density at radius 3 is 2.44 bits per heavy atom. The average molecular weight is 410 g/mol. The fourth-order valence-corrected chi connectivity index (χ4v) is 2.14. The van der Waals surface area contributed by atoms with E-state index in [1.54, 1.807) is 36.4 Å². The fraction of sp³-hybridized carbons (Fsp3) is 0.0588. The van der Waals surface area contributed by atoms with E-state index in [4.69, 9.17) is 33.0 Å². The zero-order valence-corrected chi connectivity index (χ0v) is 15.1. The van der Waals surface area contributed by atoms with Crippen LogP contribution in [0.5, 0.6) is 5.75 Å². The first-order chi connectivity index (χ1) is 12.9. The van der Waals surface area contributed by atoms with E-state index in [-0.39, 0.29) is 15.7 Å². The van der Waals surface area contributed by atoms with Crippen LogP contribution in [0, 0.1) is 0 Å². The van der Waals surface area contributed by atoms with Crippen LogP contribution in [-0.4, -0.2) is 35.7 Å². The van der Waals surface area contributed by atoms with Gasteiger partial charge in [0.15, 0.2) is 6.61 Å². The number of rotatable bonds is 6. The summed E-state index contributed by atoms with van der Waals surface area (Å²) in [5, 5.41) is 14.9. The van der Waals surface area contributed by atoms with E-state index in [1.165, 1.54) is 12.3 Å². The van der Waals surface area contributed by atoms with Crippen LogP contribution in [0.25, 0.3) is 0 Å². The standard InChI is InChI=1S/C17H13Cl2N3O5/c18-12-2-1-3-13(15(12)19)21-16(25)17(26)22-20-8-10-4-6-11(7-5-10)27-9-14(23)24/h1-8H,9H2,(H,21,25)(H,22,26)(H,23,24)/b20-8-. The maximum atomic E-state index is 11.8. The number of anilines is 1. The van der Waals surface area contributed by atoms with E-state index in [0.29, 0.717) is 11.3 Å². The summed E-state index contributed by atoms with van der Waals surface area (Å²) in [7, 11) is 0. The van der Waals surface area contributed by atoms with E-state index >= 15 is 0 Å². The van der Waals surface area contributed by atoms with Crippen molar-refractivity contribution in [3.8, 4) is 5.75 Å². The lowest BCUT2D eigenvalue weighted by Gasteiger charge is -2.06. The monoisotopic (exact) mass is 409 g/mol. The minimum absolute atomic E-state index is 0.119. The number of ether oxygens (including phenoxy) is 1. The average Bonchev–Trinajstić information content (AvgIpc) is 2.64. The molecule has 2 amide bonds. The molecule has 0 spiro atoms. The second kappa shape index (κ2) is 9.56. The lowest BCUT2D eigenvalue weighted by atomic mass is 10.2. The molecule has 0 aliphatic carbocycles. The zero-order valence-electron chi connectivity index (χ0n) is 13.6. The summed E-state index contributed by atoms with van der Waals surface area (Å²) in [6.45, 7) is -0.449. The molecule has 2 rings (SSSR count). The van der Waals surface area contributed by atoms with Gasteiger partial charge in [-0.25, -0.2) is 10.2 Å². The van der Waals surface area contributed by atoms with Gasteiger partial charge in [0, 0.05) is 0 Å². The maximum absolute atomic E-state index is 11.8. The van der Waals surface area contributed by atoms with Crippen LogP contribution in [0.2, 0.25) is 10.0 Å². The molecule has 0 aromatic heterocycles. The number of benzene rings is 2. The van der Waals surface area contributed by atoms with Crippen LogP contribution >= 0.6 is 23.2 Å². The third kappa shape index (κ3) is 6.28. The quantitative estimate of drug-likeness (QED) is 0.385. The first-order valence-corrected chi connectivity index (χ1v) is 8.15. The number of carbonyl (C=O) groups excluding carboxylic acids is 2. The zero-order chi connectivity index (χ0) is 19.8. The number of nitrogens with zero attached hydrogens (tertiary/aromatic N) is 1. The highest BCUT2D eigenvalue weighted by atomic mass is 35.5. The van der Waals surface area contributed by atoms with E-state index in [0.717, 1.165) is 0 Å². The summed E-state index contributed by atoms with van der Waals surface area (Å²) < 4.78 is 4.98. The Kier molecular flexibility index (Phi) is 7.16. The summed E-state index contributed by atoms with van der Waals surface area (Å²) in [5.41, 5.74) is 2.87. The number of hydrogen-bond donors (Lipinski definition) is 3. The van der Waals surface area contributed by atoms with Crippen molar-refractivity contribution in [1.29, 1.82) is 0 Å². The van der Waals surface area contributed by atoms with Crippen molar-refractivity contribution in [3.05, 3.63) is 58.1 Å². The van der Waals surface area contributed by atoms with Crippen molar-refractivity contribution in [2.24, 2.45) is 5.10 Å². The van der Waals surface area contributed by atoms with Gasteiger partial charge in [-0.2, -0.15) is 5.10 Å². The normalized spacial score (nSPS) is 10.4. The second-order valence-electron chi connectivity index (χ2n) is 5.01. The predicted octanol–water partition coefficient (Wildman–Crippen LogP) is 2.55. The number of carbonyl (C=O) groups is 3. The molecule has 8 nitrogen and oxygen atoms in total. The van der Waals surface area contributed by atoms with Gasteiger partial charge >= 0.3 is 17.8 Å². The second-order valence-corrected chi connectivity index (χ2v) is 5.79. The molecule has 0 saturated heterocycles. The van der Waals surface area contributed by atoms with Crippen LogP contribution in [0.15, 0.2) is 47.6 Å². The number of carboxylic acids is 1. The molecule has 27 heavy (non-hydrogen) atoms. The summed E-state index contributed by atoms with van der Waals surface area (Å²) in [4.78, 5) is 34.0.